The normalized spacial score (nSPS) is 25.9. The molecule has 4 heterocycles. The predicted octanol–water partition coefficient (Wildman–Crippen LogP) is 2.21. The van der Waals surface area contributed by atoms with Crippen molar-refractivity contribution in [2.75, 3.05) is 6.54 Å². The van der Waals surface area contributed by atoms with E-state index in [9.17, 15) is 4.39 Å². The van der Waals surface area contributed by atoms with Crippen molar-refractivity contribution in [3.63, 3.8) is 0 Å². The number of guanidine groups is 3. The van der Waals surface area contributed by atoms with E-state index in [2.05, 4.69) is 36.2 Å². The largest absolute Gasteiger partial charge is 0.465 e. The van der Waals surface area contributed by atoms with Gasteiger partial charge in [-0.05, 0) is 49.2 Å². The second kappa shape index (κ2) is 7.74. The first-order valence-corrected chi connectivity index (χ1v) is 10.8. The highest BCUT2D eigenvalue weighted by molar-refractivity contribution is 9.10. The molecule has 3 aliphatic rings. The van der Waals surface area contributed by atoms with Gasteiger partial charge in [0.2, 0.25) is 17.9 Å². The minimum absolute atomic E-state index is 0.0631. The summed E-state index contributed by atoms with van der Waals surface area (Å²) in [7, 11) is 0. The number of nitrogens with two attached hydrogens (primary N) is 2. The third-order valence-electron chi connectivity index (χ3n) is 5.81. The Kier molecular flexibility index (Phi) is 5.03. The second-order valence-electron chi connectivity index (χ2n) is 7.84. The Balaban J connectivity index is 1.43. The van der Waals surface area contributed by atoms with Gasteiger partial charge < -0.3 is 15.9 Å². The summed E-state index contributed by atoms with van der Waals surface area (Å²) in [6, 6.07) is 8.72. The summed E-state index contributed by atoms with van der Waals surface area (Å²) < 4.78 is 20.0. The SMILES string of the molecule is NC1=NC2=NC(CC3CCCN3Cc3ccc(F)cc3Br)(c3ccco3)NN2C(N)=N1. The van der Waals surface area contributed by atoms with Crippen molar-refractivity contribution in [1.29, 1.82) is 0 Å². The van der Waals surface area contributed by atoms with E-state index in [1.807, 2.05) is 18.2 Å². The van der Waals surface area contributed by atoms with Crippen LogP contribution < -0.4 is 16.9 Å². The van der Waals surface area contributed by atoms with Gasteiger partial charge >= 0.3 is 0 Å². The Hall–Kier alpha value is -2.76. The molecule has 11 heteroatoms. The standard InChI is InChI=1S/C20H22BrFN8O/c21-15-9-13(22)6-5-12(15)11-29-7-1-3-14(29)10-20(16-4-2-8-31-16)27-19-26-17(23)25-18(24)30(19)28-20/h2,4-6,8-9,14,28H,1,3,7,10-11H2,(H4,23,24,25,26,27). The molecule has 0 amide bonds. The minimum Gasteiger partial charge on any atom is -0.465 e. The van der Waals surface area contributed by atoms with Crippen LogP contribution in [0.25, 0.3) is 0 Å². The van der Waals surface area contributed by atoms with Crippen LogP contribution in [-0.2, 0) is 12.2 Å². The lowest BCUT2D eigenvalue weighted by atomic mass is 9.96. The van der Waals surface area contributed by atoms with E-state index in [4.69, 9.17) is 20.9 Å². The van der Waals surface area contributed by atoms with Crippen molar-refractivity contribution in [1.82, 2.24) is 15.3 Å². The number of hydrogen-bond acceptors (Lipinski definition) is 9. The van der Waals surface area contributed by atoms with Gasteiger partial charge in [-0.15, -0.1) is 0 Å². The Morgan fingerprint density at radius 3 is 2.94 bits per heavy atom. The first-order chi connectivity index (χ1) is 14.9. The zero-order chi connectivity index (χ0) is 21.6. The highest BCUT2D eigenvalue weighted by atomic mass is 79.9. The molecule has 3 aliphatic heterocycles. The van der Waals surface area contributed by atoms with Crippen molar-refractivity contribution in [3.8, 4) is 0 Å². The lowest BCUT2D eigenvalue weighted by Crippen LogP contribution is -2.55. The number of rotatable bonds is 5. The van der Waals surface area contributed by atoms with Crippen molar-refractivity contribution < 1.29 is 8.81 Å². The van der Waals surface area contributed by atoms with E-state index >= 15 is 0 Å². The third-order valence-corrected chi connectivity index (χ3v) is 6.55. The van der Waals surface area contributed by atoms with Crippen LogP contribution in [0.1, 0.15) is 30.6 Å². The number of benzene rings is 1. The van der Waals surface area contributed by atoms with Crippen LogP contribution in [0, 0.1) is 5.82 Å². The number of fused-ring (bicyclic) bond motifs is 1. The molecule has 1 fully saturated rings. The molecule has 2 unspecified atom stereocenters. The molecule has 1 aromatic carbocycles. The summed E-state index contributed by atoms with van der Waals surface area (Å²) in [5, 5.41) is 1.54. The Labute approximate surface area is 186 Å². The molecule has 0 aliphatic carbocycles. The lowest BCUT2D eigenvalue weighted by Gasteiger charge is -2.33. The van der Waals surface area contributed by atoms with Crippen LogP contribution in [0.2, 0.25) is 0 Å². The number of nitrogens with one attached hydrogen (secondary N) is 1. The number of furan rings is 1. The smallest absolute Gasteiger partial charge is 0.248 e. The summed E-state index contributed by atoms with van der Waals surface area (Å²) in [5.74, 6) is 0.997. The fourth-order valence-electron chi connectivity index (χ4n) is 4.37. The second-order valence-corrected chi connectivity index (χ2v) is 8.70. The summed E-state index contributed by atoms with van der Waals surface area (Å²) in [6.07, 6.45) is 4.31. The van der Waals surface area contributed by atoms with Crippen LogP contribution in [0.15, 0.2) is 60.5 Å². The fourth-order valence-corrected chi connectivity index (χ4v) is 4.85. The number of likely N-dealkylation sites (tertiary alicyclic amines) is 1. The quantitative estimate of drug-likeness (QED) is 0.593. The lowest BCUT2D eigenvalue weighted by molar-refractivity contribution is 0.147. The van der Waals surface area contributed by atoms with Crippen LogP contribution in [0.5, 0.6) is 0 Å². The van der Waals surface area contributed by atoms with Crippen molar-refractivity contribution in [2.45, 2.75) is 37.5 Å². The molecule has 162 valence electrons. The van der Waals surface area contributed by atoms with Gasteiger partial charge in [0.05, 0.1) is 6.26 Å². The minimum atomic E-state index is -0.889. The van der Waals surface area contributed by atoms with Gasteiger partial charge in [0.15, 0.2) is 5.66 Å². The van der Waals surface area contributed by atoms with Crippen LogP contribution in [0.3, 0.4) is 0 Å². The molecule has 0 bridgehead atoms. The maximum absolute atomic E-state index is 13.5. The number of halogens is 2. The molecule has 5 rings (SSSR count). The molecule has 0 saturated carbocycles. The summed E-state index contributed by atoms with van der Waals surface area (Å²) in [5.41, 5.74) is 15.3. The maximum atomic E-state index is 13.5. The molecule has 9 nitrogen and oxygen atoms in total. The maximum Gasteiger partial charge on any atom is 0.248 e. The number of hydrogen-bond donors (Lipinski definition) is 3. The van der Waals surface area contributed by atoms with Gasteiger partial charge in [0, 0.05) is 23.5 Å². The fraction of sp³-hybridized carbons (Fsp3) is 0.350. The molecular weight excluding hydrogens is 467 g/mol. The van der Waals surface area contributed by atoms with E-state index < -0.39 is 5.66 Å². The average Bonchev–Trinajstić information content (AvgIpc) is 3.45. The van der Waals surface area contributed by atoms with E-state index in [0.29, 0.717) is 24.7 Å². The van der Waals surface area contributed by atoms with Crippen LogP contribution >= 0.6 is 15.9 Å². The van der Waals surface area contributed by atoms with E-state index in [0.717, 1.165) is 29.4 Å². The zero-order valence-corrected chi connectivity index (χ0v) is 18.2. The molecule has 31 heavy (non-hydrogen) atoms. The summed E-state index contributed by atoms with van der Waals surface area (Å²) in [6.45, 7) is 1.65. The first kappa shape index (κ1) is 20.2. The molecule has 2 aromatic rings. The molecule has 1 saturated heterocycles. The molecule has 0 radical (unpaired) electrons. The number of nitrogens with zero attached hydrogens (tertiary/aromatic N) is 5. The van der Waals surface area contributed by atoms with Gasteiger partial charge in [-0.25, -0.2) is 14.4 Å². The number of hydrazine groups is 1. The highest BCUT2D eigenvalue weighted by Gasteiger charge is 2.48. The molecule has 0 spiro atoms. The topological polar surface area (TPSA) is 121 Å². The van der Waals surface area contributed by atoms with Gasteiger partial charge in [-0.2, -0.15) is 15.4 Å². The number of aliphatic imine (C=N–C) groups is 3. The van der Waals surface area contributed by atoms with E-state index in [-0.39, 0.29) is 23.8 Å². The van der Waals surface area contributed by atoms with Crippen LogP contribution in [-0.4, -0.2) is 40.4 Å². The summed E-state index contributed by atoms with van der Waals surface area (Å²) >= 11 is 3.48. The Morgan fingerprint density at radius 1 is 1.29 bits per heavy atom. The first-order valence-electron chi connectivity index (χ1n) is 10.0. The zero-order valence-electron chi connectivity index (χ0n) is 16.6. The van der Waals surface area contributed by atoms with Crippen LogP contribution in [0.4, 0.5) is 4.39 Å². The average molecular weight is 489 g/mol. The predicted molar refractivity (Wildman–Crippen MR) is 118 cm³/mol. The van der Waals surface area contributed by atoms with Gasteiger partial charge in [0.1, 0.15) is 11.6 Å². The highest BCUT2D eigenvalue weighted by Crippen LogP contribution is 2.38. The van der Waals surface area contributed by atoms with Gasteiger partial charge in [0.25, 0.3) is 0 Å². The third kappa shape index (κ3) is 3.73. The van der Waals surface area contributed by atoms with Crippen molar-refractivity contribution in [2.24, 2.45) is 26.4 Å². The molecule has 1 aromatic heterocycles. The van der Waals surface area contributed by atoms with E-state index in [1.165, 1.54) is 17.1 Å². The molecule has 5 N–H and O–H groups in total. The summed E-state index contributed by atoms with van der Waals surface area (Å²) in [4.78, 5) is 15.5. The van der Waals surface area contributed by atoms with E-state index in [1.54, 1.807) is 6.26 Å². The van der Waals surface area contributed by atoms with Gasteiger partial charge in [-0.1, -0.05) is 22.0 Å². The monoisotopic (exact) mass is 488 g/mol. The Bertz CT molecular complexity index is 1080. The van der Waals surface area contributed by atoms with Crippen molar-refractivity contribution in [3.05, 3.63) is 58.2 Å². The van der Waals surface area contributed by atoms with Crippen molar-refractivity contribution >= 4 is 33.8 Å². The molecular formula is C20H22BrFN8O. The van der Waals surface area contributed by atoms with Gasteiger partial charge in [-0.3, -0.25) is 4.90 Å². The Morgan fingerprint density at radius 2 is 2.16 bits per heavy atom. The molecule has 2 atom stereocenters.